The van der Waals surface area contributed by atoms with E-state index in [1.807, 2.05) is 0 Å². The van der Waals surface area contributed by atoms with Crippen molar-refractivity contribution in [3.63, 3.8) is 0 Å². The minimum absolute atomic E-state index is 0.681. The molecule has 0 rings (SSSR count). The molecule has 3 nitrogen and oxygen atoms in total. The van der Waals surface area contributed by atoms with Gasteiger partial charge in [0.1, 0.15) is 0 Å². The van der Waals surface area contributed by atoms with E-state index in [0.29, 0.717) is 6.04 Å². The number of hydrogen-bond acceptors (Lipinski definition) is 3. The van der Waals surface area contributed by atoms with Gasteiger partial charge in [0, 0.05) is 6.04 Å². The maximum atomic E-state index is 5.53. The van der Waals surface area contributed by atoms with Crippen LogP contribution in [0.1, 0.15) is 33.1 Å². The van der Waals surface area contributed by atoms with Gasteiger partial charge >= 0.3 is 0 Å². The molecule has 0 aromatic rings. The number of hydrogen-bond donors (Lipinski definition) is 1. The summed E-state index contributed by atoms with van der Waals surface area (Å²) in [4.78, 5) is 4.80. The predicted molar refractivity (Wildman–Crippen MR) is 68.2 cm³/mol. The van der Waals surface area contributed by atoms with Crippen molar-refractivity contribution < 1.29 is 0 Å². The Morgan fingerprint density at radius 2 is 1.80 bits per heavy atom. The summed E-state index contributed by atoms with van der Waals surface area (Å²) >= 11 is 0. The Kier molecular flexibility index (Phi) is 9.06. The van der Waals surface area contributed by atoms with Gasteiger partial charge in [-0.1, -0.05) is 6.92 Å². The lowest BCUT2D eigenvalue weighted by atomic mass is 10.1. The molecule has 1 atom stereocenters. The molecule has 0 fully saturated rings. The van der Waals surface area contributed by atoms with E-state index in [1.54, 1.807) is 0 Å². The molecule has 2 N–H and O–H groups in total. The second-order valence-electron chi connectivity index (χ2n) is 4.57. The molecule has 0 aromatic heterocycles. The van der Waals surface area contributed by atoms with Gasteiger partial charge in [-0.05, 0) is 66.5 Å². The molecule has 0 aromatic carbocycles. The molecule has 0 saturated heterocycles. The molecule has 0 saturated carbocycles. The largest absolute Gasteiger partial charge is 0.330 e. The summed E-state index contributed by atoms with van der Waals surface area (Å²) in [5.74, 6) is 0. The van der Waals surface area contributed by atoms with Crippen molar-refractivity contribution in [2.45, 2.75) is 39.2 Å². The van der Waals surface area contributed by atoms with E-state index < -0.39 is 0 Å². The highest BCUT2D eigenvalue weighted by Crippen LogP contribution is 2.06. The van der Waals surface area contributed by atoms with Crippen molar-refractivity contribution in [1.29, 1.82) is 0 Å². The van der Waals surface area contributed by atoms with Gasteiger partial charge < -0.3 is 15.5 Å². The maximum absolute atomic E-state index is 5.53. The van der Waals surface area contributed by atoms with Crippen molar-refractivity contribution in [2.75, 3.05) is 40.3 Å². The maximum Gasteiger partial charge on any atom is 0.00672 e. The Labute approximate surface area is 95.6 Å². The van der Waals surface area contributed by atoms with Crippen LogP contribution in [0.25, 0.3) is 0 Å². The molecule has 1 unspecified atom stereocenters. The first-order valence-electron chi connectivity index (χ1n) is 6.20. The van der Waals surface area contributed by atoms with Crippen LogP contribution in [0.4, 0.5) is 0 Å². The van der Waals surface area contributed by atoms with Crippen LogP contribution in [-0.2, 0) is 0 Å². The molecular formula is C12H29N3. The minimum atomic E-state index is 0.681. The van der Waals surface area contributed by atoms with Crippen LogP contribution in [-0.4, -0.2) is 56.1 Å². The van der Waals surface area contributed by atoms with Crippen LogP contribution in [0.5, 0.6) is 0 Å². The van der Waals surface area contributed by atoms with Crippen LogP contribution in [0, 0.1) is 0 Å². The Hall–Kier alpha value is -0.120. The summed E-state index contributed by atoms with van der Waals surface area (Å²) in [6, 6.07) is 0.681. The first-order chi connectivity index (χ1) is 7.11. The average molecular weight is 215 g/mol. The van der Waals surface area contributed by atoms with Crippen molar-refractivity contribution in [3.05, 3.63) is 0 Å². The Morgan fingerprint density at radius 1 is 1.13 bits per heavy atom. The Morgan fingerprint density at radius 3 is 2.27 bits per heavy atom. The third-order valence-corrected chi connectivity index (χ3v) is 2.91. The highest BCUT2D eigenvalue weighted by molar-refractivity contribution is 4.66. The second-order valence-corrected chi connectivity index (χ2v) is 4.57. The highest BCUT2D eigenvalue weighted by Gasteiger charge is 2.10. The van der Waals surface area contributed by atoms with Gasteiger partial charge in [-0.15, -0.1) is 0 Å². The number of nitrogens with two attached hydrogens (primary N) is 1. The smallest absolute Gasteiger partial charge is 0.00672 e. The zero-order valence-corrected chi connectivity index (χ0v) is 11.0. The van der Waals surface area contributed by atoms with Crippen molar-refractivity contribution in [3.8, 4) is 0 Å². The zero-order chi connectivity index (χ0) is 11.7. The third kappa shape index (κ3) is 7.77. The topological polar surface area (TPSA) is 32.5 Å². The number of nitrogens with zero attached hydrogens (tertiary/aromatic N) is 2. The van der Waals surface area contributed by atoms with E-state index in [2.05, 4.69) is 37.7 Å². The molecule has 92 valence electrons. The molecule has 15 heavy (non-hydrogen) atoms. The van der Waals surface area contributed by atoms with Crippen LogP contribution >= 0.6 is 0 Å². The van der Waals surface area contributed by atoms with Crippen molar-refractivity contribution in [2.24, 2.45) is 5.73 Å². The molecule has 0 aliphatic rings. The summed E-state index contributed by atoms with van der Waals surface area (Å²) in [5, 5.41) is 0. The van der Waals surface area contributed by atoms with E-state index in [4.69, 9.17) is 5.73 Å². The Bertz CT molecular complexity index is 137. The lowest BCUT2D eigenvalue weighted by Gasteiger charge is -2.28. The normalized spacial score (nSPS) is 13.8. The summed E-state index contributed by atoms with van der Waals surface area (Å²) in [5.41, 5.74) is 5.53. The van der Waals surface area contributed by atoms with Gasteiger partial charge in [-0.25, -0.2) is 0 Å². The fourth-order valence-corrected chi connectivity index (χ4v) is 1.88. The first-order valence-corrected chi connectivity index (χ1v) is 6.20. The molecule has 0 bridgehead atoms. The molecule has 3 heteroatoms. The fraction of sp³-hybridized carbons (Fsp3) is 1.00. The van der Waals surface area contributed by atoms with Crippen LogP contribution in [0.3, 0.4) is 0 Å². The first kappa shape index (κ1) is 14.9. The van der Waals surface area contributed by atoms with E-state index in [9.17, 15) is 0 Å². The SMILES string of the molecule is CCN(CCCN(C)C)C(C)CCCN. The van der Waals surface area contributed by atoms with Gasteiger partial charge in [0.2, 0.25) is 0 Å². The third-order valence-electron chi connectivity index (χ3n) is 2.91. The predicted octanol–water partition coefficient (Wildman–Crippen LogP) is 1.39. The lowest BCUT2D eigenvalue weighted by Crippen LogP contribution is -2.35. The molecule has 0 spiro atoms. The highest BCUT2D eigenvalue weighted by atomic mass is 15.1. The van der Waals surface area contributed by atoms with E-state index in [0.717, 1.165) is 19.5 Å². The van der Waals surface area contributed by atoms with Gasteiger partial charge in [-0.2, -0.15) is 0 Å². The van der Waals surface area contributed by atoms with Crippen LogP contribution in [0.15, 0.2) is 0 Å². The average Bonchev–Trinajstić information content (AvgIpc) is 2.20. The van der Waals surface area contributed by atoms with Crippen LogP contribution in [0.2, 0.25) is 0 Å². The van der Waals surface area contributed by atoms with Gasteiger partial charge in [0.05, 0.1) is 0 Å². The van der Waals surface area contributed by atoms with E-state index >= 15 is 0 Å². The minimum Gasteiger partial charge on any atom is -0.330 e. The van der Waals surface area contributed by atoms with Gasteiger partial charge in [0.15, 0.2) is 0 Å². The van der Waals surface area contributed by atoms with Gasteiger partial charge in [0.25, 0.3) is 0 Å². The van der Waals surface area contributed by atoms with Crippen LogP contribution < -0.4 is 5.73 Å². The molecule has 0 heterocycles. The zero-order valence-electron chi connectivity index (χ0n) is 11.0. The summed E-state index contributed by atoms with van der Waals surface area (Å²) < 4.78 is 0. The monoisotopic (exact) mass is 215 g/mol. The lowest BCUT2D eigenvalue weighted by molar-refractivity contribution is 0.198. The standard InChI is InChI=1S/C12H29N3/c1-5-15(11-7-10-14(3)4)12(2)8-6-9-13/h12H,5-11,13H2,1-4H3. The van der Waals surface area contributed by atoms with Gasteiger partial charge in [-0.3, -0.25) is 0 Å². The summed E-state index contributed by atoms with van der Waals surface area (Å²) in [6.45, 7) is 8.92. The molecule has 0 radical (unpaired) electrons. The van der Waals surface area contributed by atoms with Crippen molar-refractivity contribution >= 4 is 0 Å². The quantitative estimate of drug-likeness (QED) is 0.631. The molecule has 0 amide bonds. The van der Waals surface area contributed by atoms with E-state index in [1.165, 1.54) is 25.9 Å². The molecule has 0 aliphatic carbocycles. The fourth-order valence-electron chi connectivity index (χ4n) is 1.88. The molecule has 0 aliphatic heterocycles. The Balaban J connectivity index is 3.69. The second kappa shape index (κ2) is 9.13. The number of rotatable bonds is 9. The molecular weight excluding hydrogens is 186 g/mol. The van der Waals surface area contributed by atoms with Crippen molar-refractivity contribution in [1.82, 2.24) is 9.80 Å². The summed E-state index contributed by atoms with van der Waals surface area (Å²) in [7, 11) is 4.27. The summed E-state index contributed by atoms with van der Waals surface area (Å²) in [6.07, 6.45) is 3.63. The van der Waals surface area contributed by atoms with E-state index in [-0.39, 0.29) is 0 Å².